The van der Waals surface area contributed by atoms with Gasteiger partial charge in [-0.25, -0.2) is 0 Å². The van der Waals surface area contributed by atoms with Gasteiger partial charge in [0, 0.05) is 18.3 Å². The molecule has 3 rings (SSSR count). The van der Waals surface area contributed by atoms with E-state index in [0.717, 1.165) is 37.7 Å². The molecule has 5 unspecified atom stereocenters. The van der Waals surface area contributed by atoms with E-state index in [2.05, 4.69) is 27.7 Å². The van der Waals surface area contributed by atoms with Crippen molar-refractivity contribution in [3.8, 4) is 0 Å². The van der Waals surface area contributed by atoms with Crippen LogP contribution in [0.15, 0.2) is 23.0 Å². The number of esters is 1. The van der Waals surface area contributed by atoms with Crippen molar-refractivity contribution in [1.82, 2.24) is 0 Å². The SMILES string of the molecule is CC(=O)OC1CC(C)C(O)(CCc2ccoc2)C2(C)CCCC(C)(C)C12. The van der Waals surface area contributed by atoms with E-state index in [1.807, 2.05) is 6.07 Å². The minimum Gasteiger partial charge on any atom is -0.472 e. The molecule has 1 heterocycles. The first-order valence-electron chi connectivity index (χ1n) is 10.0. The number of ether oxygens (including phenoxy) is 1. The zero-order chi connectivity index (χ0) is 19.2. The van der Waals surface area contributed by atoms with Crippen molar-refractivity contribution in [2.24, 2.45) is 22.7 Å². The summed E-state index contributed by atoms with van der Waals surface area (Å²) in [6.07, 6.45) is 8.78. The molecule has 0 aliphatic heterocycles. The molecule has 0 radical (unpaired) electrons. The van der Waals surface area contributed by atoms with Crippen LogP contribution >= 0.6 is 0 Å². The first-order valence-corrected chi connectivity index (χ1v) is 10.0. The maximum atomic E-state index is 12.0. The van der Waals surface area contributed by atoms with Crippen LogP contribution < -0.4 is 0 Å². The molecule has 2 aliphatic rings. The number of furan rings is 1. The lowest BCUT2D eigenvalue weighted by atomic mass is 9.43. The van der Waals surface area contributed by atoms with E-state index in [-0.39, 0.29) is 34.7 Å². The van der Waals surface area contributed by atoms with E-state index >= 15 is 0 Å². The molecule has 2 saturated carbocycles. The highest BCUT2D eigenvalue weighted by atomic mass is 16.5. The second kappa shape index (κ2) is 6.70. The Bertz CT molecular complexity index is 635. The molecule has 1 aromatic heterocycles. The maximum absolute atomic E-state index is 12.0. The molecule has 2 aliphatic carbocycles. The number of fused-ring (bicyclic) bond motifs is 1. The van der Waals surface area contributed by atoms with Crippen molar-refractivity contribution in [2.75, 3.05) is 0 Å². The van der Waals surface area contributed by atoms with Gasteiger partial charge in [0.05, 0.1) is 18.1 Å². The van der Waals surface area contributed by atoms with Crippen molar-refractivity contribution in [3.63, 3.8) is 0 Å². The van der Waals surface area contributed by atoms with Crippen LogP contribution in [0.2, 0.25) is 0 Å². The zero-order valence-corrected chi connectivity index (χ0v) is 16.9. The normalized spacial score (nSPS) is 39.2. The van der Waals surface area contributed by atoms with E-state index in [9.17, 15) is 9.90 Å². The third-order valence-electron chi connectivity index (χ3n) is 7.50. The number of hydrogen-bond donors (Lipinski definition) is 1. The highest BCUT2D eigenvalue weighted by Crippen LogP contribution is 2.64. The van der Waals surface area contributed by atoms with Gasteiger partial charge in [-0.1, -0.05) is 34.1 Å². The average molecular weight is 363 g/mol. The van der Waals surface area contributed by atoms with Crippen molar-refractivity contribution in [3.05, 3.63) is 24.2 Å². The number of aliphatic hydroxyl groups is 1. The Kier molecular flexibility index (Phi) is 5.02. The quantitative estimate of drug-likeness (QED) is 0.786. The Morgan fingerprint density at radius 1 is 1.35 bits per heavy atom. The molecule has 26 heavy (non-hydrogen) atoms. The van der Waals surface area contributed by atoms with Gasteiger partial charge in [-0.15, -0.1) is 0 Å². The third-order valence-corrected chi connectivity index (χ3v) is 7.50. The highest BCUT2D eigenvalue weighted by molar-refractivity contribution is 5.66. The van der Waals surface area contributed by atoms with Crippen molar-refractivity contribution in [2.45, 2.75) is 84.8 Å². The van der Waals surface area contributed by atoms with Gasteiger partial charge in [0.2, 0.25) is 0 Å². The minimum absolute atomic E-state index is 0.0386. The molecule has 1 N–H and O–H groups in total. The Hall–Kier alpha value is -1.29. The van der Waals surface area contributed by atoms with Crippen molar-refractivity contribution >= 4 is 5.97 Å². The molecule has 5 atom stereocenters. The Balaban J connectivity index is 1.96. The van der Waals surface area contributed by atoms with Gasteiger partial charge in [0.25, 0.3) is 0 Å². The van der Waals surface area contributed by atoms with Crippen LogP contribution in [0, 0.1) is 22.7 Å². The molecule has 1 aromatic rings. The number of aryl methyl sites for hydroxylation is 1. The predicted molar refractivity (Wildman–Crippen MR) is 101 cm³/mol. The van der Waals surface area contributed by atoms with Gasteiger partial charge in [-0.05, 0) is 55.1 Å². The van der Waals surface area contributed by atoms with Gasteiger partial charge in [-0.2, -0.15) is 0 Å². The summed E-state index contributed by atoms with van der Waals surface area (Å²) in [6.45, 7) is 10.4. The number of carbonyl (C=O) groups excluding carboxylic acids is 1. The molecular formula is C22H34O4. The number of hydrogen-bond acceptors (Lipinski definition) is 4. The van der Waals surface area contributed by atoms with Gasteiger partial charge >= 0.3 is 5.97 Å². The topological polar surface area (TPSA) is 59.7 Å². The second-order valence-corrected chi connectivity index (χ2v) is 9.58. The summed E-state index contributed by atoms with van der Waals surface area (Å²) in [5.74, 6) is 0.0295. The van der Waals surface area contributed by atoms with E-state index in [1.165, 1.54) is 6.92 Å². The smallest absolute Gasteiger partial charge is 0.302 e. The van der Waals surface area contributed by atoms with Crippen LogP contribution in [0.25, 0.3) is 0 Å². The van der Waals surface area contributed by atoms with Crippen LogP contribution in [-0.2, 0) is 16.0 Å². The summed E-state index contributed by atoms with van der Waals surface area (Å²) < 4.78 is 11.0. The molecule has 4 nitrogen and oxygen atoms in total. The van der Waals surface area contributed by atoms with Crippen LogP contribution in [0.4, 0.5) is 0 Å². The predicted octanol–water partition coefficient (Wildman–Crippen LogP) is 4.75. The summed E-state index contributed by atoms with van der Waals surface area (Å²) in [5.41, 5.74) is 0.124. The van der Waals surface area contributed by atoms with Gasteiger partial charge in [-0.3, -0.25) is 4.79 Å². The molecule has 0 spiro atoms. The van der Waals surface area contributed by atoms with E-state index in [1.54, 1.807) is 12.5 Å². The van der Waals surface area contributed by atoms with Gasteiger partial charge in [0.15, 0.2) is 0 Å². The summed E-state index contributed by atoms with van der Waals surface area (Å²) in [6, 6.07) is 1.98. The summed E-state index contributed by atoms with van der Waals surface area (Å²) in [7, 11) is 0. The Morgan fingerprint density at radius 2 is 2.08 bits per heavy atom. The molecule has 0 amide bonds. The van der Waals surface area contributed by atoms with Crippen molar-refractivity contribution < 1.29 is 19.1 Å². The molecule has 2 fully saturated rings. The van der Waals surface area contributed by atoms with Gasteiger partial charge in [0.1, 0.15) is 6.10 Å². The average Bonchev–Trinajstić information content (AvgIpc) is 3.03. The van der Waals surface area contributed by atoms with Gasteiger partial charge < -0.3 is 14.3 Å². The molecular weight excluding hydrogens is 328 g/mol. The molecule has 146 valence electrons. The molecule has 0 aromatic carbocycles. The lowest BCUT2D eigenvalue weighted by molar-refractivity contribution is -0.249. The Morgan fingerprint density at radius 3 is 2.69 bits per heavy atom. The largest absolute Gasteiger partial charge is 0.472 e. The molecule has 0 saturated heterocycles. The summed E-state index contributed by atoms with van der Waals surface area (Å²) in [5, 5.41) is 12.0. The second-order valence-electron chi connectivity index (χ2n) is 9.58. The van der Waals surface area contributed by atoms with Crippen LogP contribution in [-0.4, -0.2) is 22.8 Å². The summed E-state index contributed by atoms with van der Waals surface area (Å²) >= 11 is 0. The maximum Gasteiger partial charge on any atom is 0.302 e. The monoisotopic (exact) mass is 362 g/mol. The molecule has 4 heteroatoms. The first-order chi connectivity index (χ1) is 12.1. The standard InChI is InChI=1S/C22H34O4/c1-15-13-18(26-16(2)23)19-20(3,4)9-6-10-21(19,5)22(15,24)11-7-17-8-12-25-14-17/h8,12,14-15,18-19,24H,6-7,9-11,13H2,1-5H3. The van der Waals surface area contributed by atoms with E-state index < -0.39 is 5.60 Å². The minimum atomic E-state index is -0.775. The highest BCUT2D eigenvalue weighted by Gasteiger charge is 2.64. The van der Waals surface area contributed by atoms with Crippen LogP contribution in [0.5, 0.6) is 0 Å². The lowest BCUT2D eigenvalue weighted by Crippen LogP contribution is -2.66. The Labute approximate surface area is 157 Å². The fourth-order valence-corrected chi connectivity index (χ4v) is 6.36. The first kappa shape index (κ1) is 19.5. The zero-order valence-electron chi connectivity index (χ0n) is 16.9. The fraction of sp³-hybridized carbons (Fsp3) is 0.773. The third kappa shape index (κ3) is 3.11. The van der Waals surface area contributed by atoms with Crippen LogP contribution in [0.3, 0.4) is 0 Å². The van der Waals surface area contributed by atoms with Crippen molar-refractivity contribution in [1.29, 1.82) is 0 Å². The van der Waals surface area contributed by atoms with Crippen LogP contribution in [0.1, 0.15) is 72.3 Å². The number of carbonyl (C=O) groups is 1. The number of rotatable bonds is 4. The van der Waals surface area contributed by atoms with E-state index in [4.69, 9.17) is 9.15 Å². The molecule has 0 bridgehead atoms. The van der Waals surface area contributed by atoms with E-state index in [0.29, 0.717) is 6.42 Å². The lowest BCUT2D eigenvalue weighted by Gasteiger charge is -2.64. The summed E-state index contributed by atoms with van der Waals surface area (Å²) in [4.78, 5) is 11.8. The fourth-order valence-electron chi connectivity index (χ4n) is 6.36.